The molecule has 0 unspecified atom stereocenters. The summed E-state index contributed by atoms with van der Waals surface area (Å²) in [5.74, 6) is 0.0486. The minimum Gasteiger partial charge on any atom is -0.329 e. The van der Waals surface area contributed by atoms with E-state index in [0.717, 1.165) is 30.5 Å². The maximum atomic E-state index is 12.4. The molecule has 3 rings (SSSR count). The minimum absolute atomic E-state index is 0.0486. The molecule has 1 fully saturated rings. The molecule has 0 atom stereocenters. The maximum Gasteiger partial charge on any atom is 0.231 e. The number of hydrogen-bond donors (Lipinski definition) is 2. The molecule has 3 N–H and O–H groups in total. The van der Waals surface area contributed by atoms with Crippen LogP contribution in [0.4, 0.5) is 5.69 Å². The largest absolute Gasteiger partial charge is 0.329 e. The molecule has 5 heteroatoms. The van der Waals surface area contributed by atoms with Crippen molar-refractivity contribution in [3.8, 4) is 0 Å². The highest BCUT2D eigenvalue weighted by molar-refractivity contribution is 5.96. The SMILES string of the molecule is NCC1(C(=O)Nc2cccc(Cn3cccn3)c2)CCC1. The van der Waals surface area contributed by atoms with Crippen LogP contribution in [0.2, 0.25) is 0 Å². The van der Waals surface area contributed by atoms with Gasteiger partial charge in [-0.2, -0.15) is 5.10 Å². The van der Waals surface area contributed by atoms with E-state index in [2.05, 4.69) is 10.4 Å². The quantitative estimate of drug-likeness (QED) is 0.882. The minimum atomic E-state index is -0.349. The molecular formula is C16H20N4O. The average molecular weight is 284 g/mol. The van der Waals surface area contributed by atoms with E-state index >= 15 is 0 Å². The summed E-state index contributed by atoms with van der Waals surface area (Å²) in [6.07, 6.45) is 6.55. The summed E-state index contributed by atoms with van der Waals surface area (Å²) in [5, 5.41) is 7.20. The van der Waals surface area contributed by atoms with E-state index in [1.807, 2.05) is 41.2 Å². The molecule has 0 radical (unpaired) electrons. The molecule has 0 spiro atoms. The first-order valence-corrected chi connectivity index (χ1v) is 7.30. The Morgan fingerprint density at radius 1 is 1.38 bits per heavy atom. The number of carbonyl (C=O) groups is 1. The van der Waals surface area contributed by atoms with E-state index in [4.69, 9.17) is 5.73 Å². The van der Waals surface area contributed by atoms with Crippen LogP contribution in [0.25, 0.3) is 0 Å². The van der Waals surface area contributed by atoms with Gasteiger partial charge in [0.25, 0.3) is 0 Å². The lowest BCUT2D eigenvalue weighted by atomic mass is 9.68. The summed E-state index contributed by atoms with van der Waals surface area (Å²) in [7, 11) is 0. The molecular weight excluding hydrogens is 264 g/mol. The number of nitrogens with one attached hydrogen (secondary N) is 1. The molecule has 1 aromatic heterocycles. The van der Waals surface area contributed by atoms with Crippen molar-refractivity contribution in [2.45, 2.75) is 25.8 Å². The highest BCUT2D eigenvalue weighted by Crippen LogP contribution is 2.40. The normalized spacial score (nSPS) is 16.2. The summed E-state index contributed by atoms with van der Waals surface area (Å²) in [6.45, 7) is 1.12. The topological polar surface area (TPSA) is 72.9 Å². The summed E-state index contributed by atoms with van der Waals surface area (Å²) in [6, 6.07) is 9.77. The predicted molar refractivity (Wildman–Crippen MR) is 81.7 cm³/mol. The number of nitrogens with zero attached hydrogens (tertiary/aromatic N) is 2. The fourth-order valence-corrected chi connectivity index (χ4v) is 2.72. The van der Waals surface area contributed by atoms with Crippen LogP contribution in [0.3, 0.4) is 0 Å². The number of carbonyl (C=O) groups excluding carboxylic acids is 1. The van der Waals surface area contributed by atoms with E-state index in [1.165, 1.54) is 0 Å². The van der Waals surface area contributed by atoms with Crippen LogP contribution < -0.4 is 11.1 Å². The highest BCUT2D eigenvalue weighted by Gasteiger charge is 2.42. The number of nitrogens with two attached hydrogens (primary N) is 1. The molecule has 1 aliphatic rings. The fourth-order valence-electron chi connectivity index (χ4n) is 2.72. The molecule has 110 valence electrons. The lowest BCUT2D eigenvalue weighted by Gasteiger charge is -2.39. The van der Waals surface area contributed by atoms with Crippen molar-refractivity contribution in [2.75, 3.05) is 11.9 Å². The summed E-state index contributed by atoms with van der Waals surface area (Å²) < 4.78 is 1.86. The zero-order chi connectivity index (χ0) is 14.7. The van der Waals surface area contributed by atoms with Gasteiger partial charge in [0.1, 0.15) is 0 Å². The Labute approximate surface area is 124 Å². The molecule has 2 aromatic rings. The molecule has 0 saturated heterocycles. The van der Waals surface area contributed by atoms with E-state index in [9.17, 15) is 4.79 Å². The molecule has 0 aliphatic heterocycles. The van der Waals surface area contributed by atoms with Gasteiger partial charge in [0.15, 0.2) is 0 Å². The number of amides is 1. The van der Waals surface area contributed by atoms with Crippen molar-refractivity contribution in [1.82, 2.24) is 9.78 Å². The van der Waals surface area contributed by atoms with Gasteiger partial charge in [-0.1, -0.05) is 18.6 Å². The van der Waals surface area contributed by atoms with Crippen molar-refractivity contribution < 1.29 is 4.79 Å². The Morgan fingerprint density at radius 3 is 2.86 bits per heavy atom. The summed E-state index contributed by atoms with van der Waals surface area (Å²) >= 11 is 0. The lowest BCUT2D eigenvalue weighted by Crippen LogP contribution is -2.47. The second kappa shape index (κ2) is 5.69. The van der Waals surface area contributed by atoms with Crippen molar-refractivity contribution in [2.24, 2.45) is 11.1 Å². The van der Waals surface area contributed by atoms with Crippen molar-refractivity contribution >= 4 is 11.6 Å². The first kappa shape index (κ1) is 13.8. The molecule has 1 aromatic carbocycles. The van der Waals surface area contributed by atoms with Crippen LogP contribution in [0, 0.1) is 5.41 Å². The zero-order valence-corrected chi connectivity index (χ0v) is 12.0. The lowest BCUT2D eigenvalue weighted by molar-refractivity contribution is -0.129. The van der Waals surface area contributed by atoms with Gasteiger partial charge in [-0.05, 0) is 36.6 Å². The van der Waals surface area contributed by atoms with Gasteiger partial charge in [-0.25, -0.2) is 0 Å². The third-order valence-corrected chi connectivity index (χ3v) is 4.27. The van der Waals surface area contributed by atoms with Crippen molar-refractivity contribution in [1.29, 1.82) is 0 Å². The van der Waals surface area contributed by atoms with E-state index in [-0.39, 0.29) is 11.3 Å². The first-order chi connectivity index (χ1) is 10.2. The smallest absolute Gasteiger partial charge is 0.231 e. The summed E-state index contributed by atoms with van der Waals surface area (Å²) in [5.41, 5.74) is 7.35. The Hall–Kier alpha value is -2.14. The number of benzene rings is 1. The van der Waals surface area contributed by atoms with Crippen LogP contribution in [-0.2, 0) is 11.3 Å². The third-order valence-electron chi connectivity index (χ3n) is 4.27. The van der Waals surface area contributed by atoms with Gasteiger partial charge in [-0.3, -0.25) is 9.48 Å². The molecule has 5 nitrogen and oxygen atoms in total. The standard InChI is InChI=1S/C16H20N4O/c17-12-16(6-2-7-16)15(21)19-14-5-1-4-13(10-14)11-20-9-3-8-18-20/h1,3-5,8-10H,2,6-7,11-12,17H2,(H,19,21). The number of rotatable bonds is 5. The van der Waals surface area contributed by atoms with Crippen LogP contribution >= 0.6 is 0 Å². The second-order valence-corrected chi connectivity index (χ2v) is 5.70. The Bertz CT molecular complexity index is 611. The number of hydrogen-bond acceptors (Lipinski definition) is 3. The maximum absolute atomic E-state index is 12.4. The Kier molecular flexibility index (Phi) is 3.75. The van der Waals surface area contributed by atoms with Crippen LogP contribution in [-0.4, -0.2) is 22.2 Å². The van der Waals surface area contributed by atoms with E-state index in [1.54, 1.807) is 6.20 Å². The predicted octanol–water partition coefficient (Wildman–Crippen LogP) is 2.00. The van der Waals surface area contributed by atoms with Gasteiger partial charge < -0.3 is 11.1 Å². The van der Waals surface area contributed by atoms with Crippen LogP contribution in [0.5, 0.6) is 0 Å². The zero-order valence-electron chi connectivity index (χ0n) is 12.0. The molecule has 21 heavy (non-hydrogen) atoms. The third kappa shape index (κ3) is 2.83. The van der Waals surface area contributed by atoms with Gasteiger partial charge in [0, 0.05) is 24.6 Å². The number of aromatic nitrogens is 2. The molecule has 1 heterocycles. The molecule has 1 saturated carbocycles. The Balaban J connectivity index is 1.70. The number of anilines is 1. The molecule has 0 bridgehead atoms. The van der Waals surface area contributed by atoms with E-state index < -0.39 is 0 Å². The van der Waals surface area contributed by atoms with Gasteiger partial charge in [-0.15, -0.1) is 0 Å². The molecule has 1 aliphatic carbocycles. The first-order valence-electron chi connectivity index (χ1n) is 7.30. The monoisotopic (exact) mass is 284 g/mol. The Morgan fingerprint density at radius 2 is 2.24 bits per heavy atom. The highest BCUT2D eigenvalue weighted by atomic mass is 16.2. The van der Waals surface area contributed by atoms with Crippen molar-refractivity contribution in [3.63, 3.8) is 0 Å². The van der Waals surface area contributed by atoms with Gasteiger partial charge in [0.05, 0.1) is 12.0 Å². The van der Waals surface area contributed by atoms with Crippen LogP contribution in [0.1, 0.15) is 24.8 Å². The van der Waals surface area contributed by atoms with E-state index in [0.29, 0.717) is 13.1 Å². The van der Waals surface area contributed by atoms with Crippen LogP contribution in [0.15, 0.2) is 42.7 Å². The second-order valence-electron chi connectivity index (χ2n) is 5.70. The van der Waals surface area contributed by atoms with Gasteiger partial charge >= 0.3 is 0 Å². The average Bonchev–Trinajstić information content (AvgIpc) is 2.91. The summed E-state index contributed by atoms with van der Waals surface area (Å²) in [4.78, 5) is 12.4. The molecule has 1 amide bonds. The van der Waals surface area contributed by atoms with Gasteiger partial charge in [0.2, 0.25) is 5.91 Å². The van der Waals surface area contributed by atoms with Crippen molar-refractivity contribution in [3.05, 3.63) is 48.3 Å². The fraction of sp³-hybridized carbons (Fsp3) is 0.375.